The highest BCUT2D eigenvalue weighted by Gasteiger charge is 1.95. The van der Waals surface area contributed by atoms with Gasteiger partial charge in [-0.25, -0.2) is 0 Å². The lowest BCUT2D eigenvalue weighted by Crippen LogP contribution is -1.73. The second kappa shape index (κ2) is 4.20. The lowest BCUT2D eigenvalue weighted by Gasteiger charge is -2.00. The number of benzene rings is 2. The molecule has 0 heterocycles. The molecule has 2 heteroatoms. The van der Waals surface area contributed by atoms with Crippen LogP contribution in [-0.4, -0.2) is 0 Å². The first-order chi connectivity index (χ1) is 6.84. The fourth-order valence-corrected chi connectivity index (χ4v) is 1.99. The van der Waals surface area contributed by atoms with Gasteiger partial charge in [0, 0.05) is 9.79 Å². The Labute approximate surface area is 88.0 Å². The number of rotatable bonds is 2. The quantitative estimate of drug-likeness (QED) is 0.724. The van der Waals surface area contributed by atoms with Gasteiger partial charge in [0.1, 0.15) is 0 Å². The second-order valence-corrected chi connectivity index (χ2v) is 4.09. The molecule has 2 aromatic rings. The van der Waals surface area contributed by atoms with Crippen molar-refractivity contribution in [1.29, 1.82) is 0 Å². The SMILES string of the molecule is [NH]c1ccc(Sc2ccccc2)cc1. The molecule has 2 rings (SSSR count). The summed E-state index contributed by atoms with van der Waals surface area (Å²) in [4.78, 5) is 2.40. The molecule has 0 aliphatic rings. The molecule has 0 spiro atoms. The van der Waals surface area contributed by atoms with Gasteiger partial charge < -0.3 is 5.73 Å². The van der Waals surface area contributed by atoms with Gasteiger partial charge in [0.15, 0.2) is 0 Å². The lowest BCUT2D eigenvalue weighted by molar-refractivity contribution is 1.38. The maximum atomic E-state index is 7.36. The Morgan fingerprint density at radius 1 is 0.714 bits per heavy atom. The topological polar surface area (TPSA) is 23.8 Å². The standard InChI is InChI=1S/C12H10NS/c13-10-6-8-12(9-7-10)14-11-4-2-1-3-5-11/h1-9,13H. The Balaban J connectivity index is 2.16. The molecule has 0 atom stereocenters. The molecule has 1 N–H and O–H groups in total. The van der Waals surface area contributed by atoms with E-state index in [1.54, 1.807) is 11.8 Å². The van der Waals surface area contributed by atoms with Crippen molar-refractivity contribution >= 4 is 17.4 Å². The van der Waals surface area contributed by atoms with Crippen molar-refractivity contribution in [1.82, 2.24) is 5.73 Å². The molecule has 0 saturated carbocycles. The van der Waals surface area contributed by atoms with Crippen molar-refractivity contribution in [2.24, 2.45) is 0 Å². The minimum absolute atomic E-state index is 0.558. The second-order valence-electron chi connectivity index (χ2n) is 2.94. The molecule has 0 unspecified atom stereocenters. The van der Waals surface area contributed by atoms with E-state index in [9.17, 15) is 0 Å². The monoisotopic (exact) mass is 200 g/mol. The summed E-state index contributed by atoms with van der Waals surface area (Å²) in [6.07, 6.45) is 0. The fraction of sp³-hybridized carbons (Fsp3) is 0. The van der Waals surface area contributed by atoms with Crippen LogP contribution in [0.4, 0.5) is 5.69 Å². The first kappa shape index (κ1) is 9.16. The molecule has 0 bridgehead atoms. The molecular weight excluding hydrogens is 190 g/mol. The van der Waals surface area contributed by atoms with Crippen LogP contribution in [0.2, 0.25) is 0 Å². The molecule has 0 aliphatic carbocycles. The molecule has 69 valence electrons. The van der Waals surface area contributed by atoms with Crippen LogP contribution in [0.25, 0.3) is 0 Å². The van der Waals surface area contributed by atoms with Gasteiger partial charge in [-0.05, 0) is 36.4 Å². The Hall–Kier alpha value is -1.41. The summed E-state index contributed by atoms with van der Waals surface area (Å²) in [6.45, 7) is 0. The van der Waals surface area contributed by atoms with Crippen LogP contribution in [0, 0.1) is 0 Å². The zero-order chi connectivity index (χ0) is 9.80. The first-order valence-corrected chi connectivity index (χ1v) is 5.21. The Kier molecular flexibility index (Phi) is 2.75. The number of hydrogen-bond acceptors (Lipinski definition) is 1. The van der Waals surface area contributed by atoms with E-state index in [0.29, 0.717) is 5.69 Å². The van der Waals surface area contributed by atoms with Crippen molar-refractivity contribution in [2.75, 3.05) is 0 Å². The normalized spacial score (nSPS) is 10.0. The van der Waals surface area contributed by atoms with E-state index in [4.69, 9.17) is 5.73 Å². The summed E-state index contributed by atoms with van der Waals surface area (Å²) in [5.74, 6) is 0. The fourth-order valence-electron chi connectivity index (χ4n) is 1.15. The van der Waals surface area contributed by atoms with Crippen molar-refractivity contribution in [3.05, 3.63) is 54.6 Å². The minimum atomic E-state index is 0.558. The molecule has 14 heavy (non-hydrogen) atoms. The van der Waals surface area contributed by atoms with Gasteiger partial charge in [-0.1, -0.05) is 30.0 Å². The van der Waals surface area contributed by atoms with Crippen molar-refractivity contribution in [3.8, 4) is 0 Å². The predicted octanol–water partition coefficient (Wildman–Crippen LogP) is 3.75. The summed E-state index contributed by atoms with van der Waals surface area (Å²) in [5.41, 5.74) is 7.92. The largest absolute Gasteiger partial charge is 0.301 e. The highest BCUT2D eigenvalue weighted by Crippen LogP contribution is 2.27. The Morgan fingerprint density at radius 2 is 1.29 bits per heavy atom. The minimum Gasteiger partial charge on any atom is -0.301 e. The van der Waals surface area contributed by atoms with Crippen LogP contribution >= 0.6 is 11.8 Å². The summed E-state index contributed by atoms with van der Waals surface area (Å²) in [7, 11) is 0. The molecular formula is C12H10NS. The molecule has 0 amide bonds. The maximum Gasteiger partial charge on any atom is 0.0540 e. The highest BCUT2D eigenvalue weighted by molar-refractivity contribution is 7.99. The molecule has 0 aromatic heterocycles. The number of nitrogens with one attached hydrogen (secondary N) is 1. The molecule has 0 aliphatic heterocycles. The van der Waals surface area contributed by atoms with Crippen molar-refractivity contribution in [3.63, 3.8) is 0 Å². The van der Waals surface area contributed by atoms with E-state index in [-0.39, 0.29) is 0 Å². The Morgan fingerprint density at radius 3 is 1.93 bits per heavy atom. The van der Waals surface area contributed by atoms with Gasteiger partial charge in [0.05, 0.1) is 5.69 Å². The van der Waals surface area contributed by atoms with Gasteiger partial charge in [0.2, 0.25) is 0 Å². The summed E-state index contributed by atoms with van der Waals surface area (Å²) in [5, 5.41) is 0. The van der Waals surface area contributed by atoms with Crippen LogP contribution in [0.5, 0.6) is 0 Å². The third-order valence-corrected chi connectivity index (χ3v) is 2.85. The predicted molar refractivity (Wildman–Crippen MR) is 59.8 cm³/mol. The van der Waals surface area contributed by atoms with E-state index in [1.807, 2.05) is 42.5 Å². The van der Waals surface area contributed by atoms with Gasteiger partial charge in [-0.15, -0.1) is 0 Å². The zero-order valence-electron chi connectivity index (χ0n) is 7.60. The van der Waals surface area contributed by atoms with Gasteiger partial charge >= 0.3 is 0 Å². The molecule has 1 radical (unpaired) electrons. The van der Waals surface area contributed by atoms with E-state index < -0.39 is 0 Å². The average molecular weight is 200 g/mol. The van der Waals surface area contributed by atoms with Crippen molar-refractivity contribution in [2.45, 2.75) is 9.79 Å². The van der Waals surface area contributed by atoms with Crippen LogP contribution in [-0.2, 0) is 0 Å². The van der Waals surface area contributed by atoms with Crippen LogP contribution < -0.4 is 5.73 Å². The average Bonchev–Trinajstić information content (AvgIpc) is 2.23. The van der Waals surface area contributed by atoms with E-state index in [0.717, 1.165) is 0 Å². The number of hydrogen-bond donors (Lipinski definition) is 0. The lowest BCUT2D eigenvalue weighted by atomic mass is 10.3. The van der Waals surface area contributed by atoms with Gasteiger partial charge in [-0.2, -0.15) is 0 Å². The van der Waals surface area contributed by atoms with Crippen molar-refractivity contribution < 1.29 is 0 Å². The summed E-state index contributed by atoms with van der Waals surface area (Å²) in [6, 6.07) is 17.8. The van der Waals surface area contributed by atoms with Crippen LogP contribution in [0.3, 0.4) is 0 Å². The third kappa shape index (κ3) is 2.30. The Bertz CT molecular complexity index is 394. The highest BCUT2D eigenvalue weighted by atomic mass is 32.2. The first-order valence-electron chi connectivity index (χ1n) is 4.39. The van der Waals surface area contributed by atoms with Gasteiger partial charge in [0.25, 0.3) is 0 Å². The molecule has 1 nitrogen and oxygen atoms in total. The third-order valence-electron chi connectivity index (χ3n) is 1.83. The maximum absolute atomic E-state index is 7.36. The molecule has 0 saturated heterocycles. The molecule has 0 fully saturated rings. The van der Waals surface area contributed by atoms with Crippen LogP contribution in [0.1, 0.15) is 0 Å². The summed E-state index contributed by atoms with van der Waals surface area (Å²) >= 11 is 1.71. The zero-order valence-corrected chi connectivity index (χ0v) is 8.42. The molecule has 2 aromatic carbocycles. The van der Waals surface area contributed by atoms with E-state index >= 15 is 0 Å². The van der Waals surface area contributed by atoms with Gasteiger partial charge in [-0.3, -0.25) is 0 Å². The van der Waals surface area contributed by atoms with E-state index in [1.165, 1.54) is 9.79 Å². The van der Waals surface area contributed by atoms with Crippen LogP contribution in [0.15, 0.2) is 64.4 Å². The van der Waals surface area contributed by atoms with E-state index in [2.05, 4.69) is 12.1 Å². The smallest absolute Gasteiger partial charge is 0.0540 e. The summed E-state index contributed by atoms with van der Waals surface area (Å²) < 4.78 is 0.